The second-order valence-corrected chi connectivity index (χ2v) is 5.87. The van der Waals surface area contributed by atoms with Crippen molar-refractivity contribution in [2.75, 3.05) is 6.61 Å². The molecule has 1 saturated carbocycles. The molecule has 2 nitrogen and oxygen atoms in total. The topological polar surface area (TPSA) is 29.5 Å². The molecule has 1 atom stereocenters. The highest BCUT2D eigenvalue weighted by atomic mass is 79.9. The van der Waals surface area contributed by atoms with Crippen LogP contribution in [0, 0.1) is 11.7 Å². The number of aliphatic hydroxyl groups is 1. The van der Waals surface area contributed by atoms with Crippen molar-refractivity contribution in [2.24, 2.45) is 5.92 Å². The van der Waals surface area contributed by atoms with E-state index in [1.165, 1.54) is 37.8 Å². The van der Waals surface area contributed by atoms with Gasteiger partial charge in [-0.1, -0.05) is 41.6 Å². The predicted molar refractivity (Wildman–Crippen MR) is 72.2 cm³/mol. The monoisotopic (exact) mass is 316 g/mol. The highest BCUT2D eigenvalue weighted by Gasteiger charge is 2.19. The lowest BCUT2D eigenvalue weighted by atomic mass is 10.0. The molecule has 0 aromatic heterocycles. The summed E-state index contributed by atoms with van der Waals surface area (Å²) in [6, 6.07) is 4.40. The van der Waals surface area contributed by atoms with Crippen LogP contribution < -0.4 is 4.74 Å². The third kappa shape index (κ3) is 4.25. The molecular weight excluding hydrogens is 299 g/mol. The molecule has 0 saturated heterocycles. The summed E-state index contributed by atoms with van der Waals surface area (Å²) in [6.45, 7) is 0.229. The molecule has 4 heteroatoms. The standard InChI is InChI=1S/C14H18BrFO2/c15-11-6-12(16)8-14(7-11)18-9-13(17)5-10-3-1-2-4-10/h6-8,10,13,17H,1-5,9H2. The molecule has 100 valence electrons. The number of rotatable bonds is 5. The second kappa shape index (κ2) is 6.53. The minimum absolute atomic E-state index is 0.229. The average Bonchev–Trinajstić information content (AvgIpc) is 2.78. The van der Waals surface area contributed by atoms with Gasteiger partial charge in [0.2, 0.25) is 0 Å². The molecule has 0 aliphatic heterocycles. The van der Waals surface area contributed by atoms with Crippen LogP contribution in [0.4, 0.5) is 4.39 Å². The van der Waals surface area contributed by atoms with Crippen molar-refractivity contribution in [1.29, 1.82) is 0 Å². The van der Waals surface area contributed by atoms with Crippen molar-refractivity contribution in [3.8, 4) is 5.75 Å². The van der Waals surface area contributed by atoms with E-state index in [9.17, 15) is 9.50 Å². The van der Waals surface area contributed by atoms with E-state index >= 15 is 0 Å². The van der Waals surface area contributed by atoms with E-state index in [0.29, 0.717) is 16.1 Å². The van der Waals surface area contributed by atoms with Gasteiger partial charge in [0.1, 0.15) is 18.2 Å². The average molecular weight is 317 g/mol. The molecule has 18 heavy (non-hydrogen) atoms. The molecule has 0 spiro atoms. The van der Waals surface area contributed by atoms with Crippen molar-refractivity contribution >= 4 is 15.9 Å². The molecule has 2 rings (SSSR count). The Balaban J connectivity index is 1.79. The number of hydrogen-bond donors (Lipinski definition) is 1. The summed E-state index contributed by atoms with van der Waals surface area (Å²) in [7, 11) is 0. The summed E-state index contributed by atoms with van der Waals surface area (Å²) in [5.41, 5.74) is 0. The van der Waals surface area contributed by atoms with E-state index in [0.717, 1.165) is 6.42 Å². The lowest BCUT2D eigenvalue weighted by Crippen LogP contribution is -2.20. The Morgan fingerprint density at radius 2 is 2.06 bits per heavy atom. The van der Waals surface area contributed by atoms with E-state index < -0.39 is 6.10 Å². The van der Waals surface area contributed by atoms with E-state index in [4.69, 9.17) is 4.74 Å². The first kappa shape index (κ1) is 13.8. The molecule has 0 heterocycles. The number of ether oxygens (including phenoxy) is 1. The molecule has 1 aromatic carbocycles. The van der Waals surface area contributed by atoms with Crippen molar-refractivity contribution in [3.63, 3.8) is 0 Å². The third-order valence-corrected chi connectivity index (χ3v) is 3.82. The SMILES string of the molecule is OC(COc1cc(F)cc(Br)c1)CC1CCCC1. The Bertz CT molecular complexity index is 371. The van der Waals surface area contributed by atoms with E-state index in [2.05, 4.69) is 15.9 Å². The summed E-state index contributed by atoms with van der Waals surface area (Å²) < 4.78 is 19.2. The van der Waals surface area contributed by atoms with Gasteiger partial charge in [-0.2, -0.15) is 0 Å². The smallest absolute Gasteiger partial charge is 0.128 e. The molecule has 0 bridgehead atoms. The van der Waals surface area contributed by atoms with Crippen LogP contribution in [-0.2, 0) is 0 Å². The van der Waals surface area contributed by atoms with Crippen LogP contribution in [0.2, 0.25) is 0 Å². The van der Waals surface area contributed by atoms with Gasteiger partial charge in [0.25, 0.3) is 0 Å². The second-order valence-electron chi connectivity index (χ2n) is 4.96. The van der Waals surface area contributed by atoms with E-state index in [1.54, 1.807) is 6.07 Å². The number of hydrogen-bond acceptors (Lipinski definition) is 2. The van der Waals surface area contributed by atoms with Crippen LogP contribution in [0.5, 0.6) is 5.75 Å². The van der Waals surface area contributed by atoms with Gasteiger partial charge in [-0.15, -0.1) is 0 Å². The summed E-state index contributed by atoms with van der Waals surface area (Å²) in [5, 5.41) is 9.88. The first-order chi connectivity index (χ1) is 8.63. The van der Waals surface area contributed by atoms with Crippen LogP contribution in [0.25, 0.3) is 0 Å². The maximum Gasteiger partial charge on any atom is 0.128 e. The molecule has 1 aliphatic carbocycles. The maximum atomic E-state index is 13.1. The molecular formula is C14H18BrFO2. The largest absolute Gasteiger partial charge is 0.491 e. The number of aliphatic hydroxyl groups excluding tert-OH is 1. The van der Waals surface area contributed by atoms with Gasteiger partial charge < -0.3 is 9.84 Å². The van der Waals surface area contributed by atoms with Crippen molar-refractivity contribution < 1.29 is 14.2 Å². The Labute approximate surface area is 115 Å². The quantitative estimate of drug-likeness (QED) is 0.892. The van der Waals surface area contributed by atoms with Gasteiger partial charge in [0, 0.05) is 10.5 Å². The highest BCUT2D eigenvalue weighted by molar-refractivity contribution is 9.10. The molecule has 1 N–H and O–H groups in total. The summed E-state index contributed by atoms with van der Waals surface area (Å²) in [4.78, 5) is 0. The molecule has 0 radical (unpaired) electrons. The normalized spacial score (nSPS) is 17.9. The van der Waals surface area contributed by atoms with Crippen LogP contribution >= 0.6 is 15.9 Å². The number of halogens is 2. The van der Waals surface area contributed by atoms with Gasteiger partial charge in [0.15, 0.2) is 0 Å². The van der Waals surface area contributed by atoms with Crippen molar-refractivity contribution in [1.82, 2.24) is 0 Å². The first-order valence-electron chi connectivity index (χ1n) is 6.40. The lowest BCUT2D eigenvalue weighted by molar-refractivity contribution is 0.0853. The molecule has 1 aromatic rings. The van der Waals surface area contributed by atoms with Gasteiger partial charge in [-0.25, -0.2) is 4.39 Å². The van der Waals surface area contributed by atoms with Gasteiger partial charge >= 0.3 is 0 Å². The molecule has 0 amide bonds. The van der Waals surface area contributed by atoms with Crippen molar-refractivity contribution in [3.05, 3.63) is 28.5 Å². The van der Waals surface area contributed by atoms with Gasteiger partial charge in [0.05, 0.1) is 6.10 Å². The van der Waals surface area contributed by atoms with Crippen molar-refractivity contribution in [2.45, 2.75) is 38.2 Å². The fourth-order valence-corrected chi connectivity index (χ4v) is 2.95. The van der Waals surface area contributed by atoms with Crippen LogP contribution in [0.15, 0.2) is 22.7 Å². The van der Waals surface area contributed by atoms with Gasteiger partial charge in [-0.05, 0) is 24.5 Å². The first-order valence-corrected chi connectivity index (χ1v) is 7.20. The summed E-state index contributed by atoms with van der Waals surface area (Å²) in [6.07, 6.45) is 5.29. The van der Waals surface area contributed by atoms with E-state index in [-0.39, 0.29) is 12.4 Å². The fourth-order valence-electron chi connectivity index (χ4n) is 2.50. The third-order valence-electron chi connectivity index (χ3n) is 3.36. The Morgan fingerprint density at radius 3 is 2.72 bits per heavy atom. The fraction of sp³-hybridized carbons (Fsp3) is 0.571. The molecule has 1 aliphatic rings. The zero-order chi connectivity index (χ0) is 13.0. The lowest BCUT2D eigenvalue weighted by Gasteiger charge is -2.16. The van der Waals surface area contributed by atoms with Crippen LogP contribution in [0.1, 0.15) is 32.1 Å². The van der Waals surface area contributed by atoms with Crippen LogP contribution in [-0.4, -0.2) is 17.8 Å². The summed E-state index contributed by atoms with van der Waals surface area (Å²) >= 11 is 3.21. The van der Waals surface area contributed by atoms with Crippen LogP contribution in [0.3, 0.4) is 0 Å². The minimum atomic E-state index is -0.463. The zero-order valence-electron chi connectivity index (χ0n) is 10.2. The Morgan fingerprint density at radius 1 is 1.33 bits per heavy atom. The maximum absolute atomic E-state index is 13.1. The highest BCUT2D eigenvalue weighted by Crippen LogP contribution is 2.29. The Kier molecular flexibility index (Phi) is 5.01. The molecule has 1 fully saturated rings. The Hall–Kier alpha value is -0.610. The zero-order valence-corrected chi connectivity index (χ0v) is 11.8. The number of benzene rings is 1. The minimum Gasteiger partial charge on any atom is -0.491 e. The predicted octanol–water partition coefficient (Wildman–Crippen LogP) is 3.91. The van der Waals surface area contributed by atoms with E-state index in [1.807, 2.05) is 0 Å². The van der Waals surface area contributed by atoms with Gasteiger partial charge in [-0.3, -0.25) is 0 Å². The molecule has 1 unspecified atom stereocenters. The summed E-state index contributed by atoms with van der Waals surface area (Å²) in [5.74, 6) is 0.736.